The van der Waals surface area contributed by atoms with Crippen molar-refractivity contribution in [1.82, 2.24) is 0 Å². The second kappa shape index (κ2) is 87.8. The third kappa shape index (κ3) is 62.9. The highest BCUT2D eigenvalue weighted by Gasteiger charge is 2.27. The molecule has 0 heterocycles. The van der Waals surface area contributed by atoms with Gasteiger partial charge in [-0.1, -0.05) is 475 Å². The van der Waals surface area contributed by atoms with Crippen molar-refractivity contribution in [2.75, 3.05) is 67.1 Å². The number of benzene rings is 4. The van der Waals surface area contributed by atoms with E-state index in [0.29, 0.717) is 103 Å². The molecule has 144 heavy (non-hydrogen) atoms. The first-order chi connectivity index (χ1) is 70.8. The number of hydrogen-bond donors (Lipinski definition) is 0. The van der Waals surface area contributed by atoms with Crippen molar-refractivity contribution >= 4 is 35.8 Å². The summed E-state index contributed by atoms with van der Waals surface area (Å²) >= 11 is 0. The third-order valence-electron chi connectivity index (χ3n) is 28.6. The van der Waals surface area contributed by atoms with Gasteiger partial charge in [-0.15, -0.1) is 0 Å². The average Bonchev–Trinajstić information content (AvgIpc) is 0.770. The van der Waals surface area contributed by atoms with Gasteiger partial charge < -0.3 is 47.4 Å². The van der Waals surface area contributed by atoms with Crippen molar-refractivity contribution in [3.63, 3.8) is 0 Å². The van der Waals surface area contributed by atoms with Gasteiger partial charge in [0, 0.05) is 62.1 Å². The fourth-order valence-corrected chi connectivity index (χ4v) is 20.2. The summed E-state index contributed by atoms with van der Waals surface area (Å²) in [4.78, 5) is 76.4. The van der Waals surface area contributed by atoms with Gasteiger partial charge in [0.2, 0.25) is 0 Å². The van der Waals surface area contributed by atoms with Gasteiger partial charge in [0.1, 0.15) is 23.0 Å². The van der Waals surface area contributed by atoms with Gasteiger partial charge in [-0.2, -0.15) is 0 Å². The van der Waals surface area contributed by atoms with Crippen LogP contribution in [0.25, 0.3) is 0 Å². The van der Waals surface area contributed by atoms with Crippen LogP contribution >= 0.6 is 0 Å². The molecule has 0 unspecified atom stereocenters. The van der Waals surface area contributed by atoms with Crippen molar-refractivity contribution in [3.05, 3.63) is 165 Å². The van der Waals surface area contributed by atoms with Crippen LogP contribution in [0.3, 0.4) is 0 Å². The molecule has 0 aliphatic heterocycles. The van der Waals surface area contributed by atoms with E-state index in [0.717, 1.165) is 191 Å². The summed E-state index contributed by atoms with van der Waals surface area (Å²) in [6.07, 6.45) is 93.8. The number of methoxy groups -OCH3 is 2. The summed E-state index contributed by atoms with van der Waals surface area (Å²) in [5.41, 5.74) is 12.3. The minimum absolute atomic E-state index is 0.110. The van der Waals surface area contributed by atoms with Crippen LogP contribution in [0.5, 0.6) is 23.0 Å². The smallest absolute Gasteiger partial charge is 0.331 e. The molecule has 0 atom stereocenters. The van der Waals surface area contributed by atoms with Gasteiger partial charge >= 0.3 is 35.8 Å². The van der Waals surface area contributed by atoms with Crippen molar-refractivity contribution in [1.29, 1.82) is 0 Å². The quantitative estimate of drug-likeness (QED) is 0.0154. The highest BCUT2D eigenvalue weighted by atomic mass is 16.6. The Kier molecular flexibility index (Phi) is 77.1. The number of aryl methyl sites for hydroxylation is 4. The number of ether oxygens (including phenoxy) is 10. The first kappa shape index (κ1) is 126. The van der Waals surface area contributed by atoms with E-state index in [4.69, 9.17) is 47.4 Å². The molecule has 0 fully saturated rings. The molecule has 5 rings (SSSR count). The van der Waals surface area contributed by atoms with Crippen LogP contribution in [0.1, 0.15) is 531 Å². The highest BCUT2D eigenvalue weighted by molar-refractivity contribution is 5.92. The topological polar surface area (TPSA) is 195 Å². The Labute approximate surface area is 877 Å². The van der Waals surface area contributed by atoms with Gasteiger partial charge in [-0.05, 0) is 144 Å². The summed E-state index contributed by atoms with van der Waals surface area (Å²) in [6.45, 7) is 19.3. The predicted octanol–water partition coefficient (Wildman–Crippen LogP) is 34.7. The molecule has 0 saturated carbocycles. The predicted molar refractivity (Wildman–Crippen MR) is 597 cm³/mol. The molecule has 0 spiro atoms. The van der Waals surface area contributed by atoms with E-state index < -0.39 is 35.8 Å². The first-order valence-corrected chi connectivity index (χ1v) is 59.3. The SMILES string of the molecule is C=CC(=O)OCCCc1cc2c(OCCCCCCCCCCCCCCCCCC)c(c1)Cc1cc(CCCOC(=O)/C=C\C(=O)OC)cc(c1OCCCCCCCCCCCCCCCCCC)Cc1cc(CCCOC(=O)C=C)cc(c1OCCCCCCCCCCCCCCCCCC)Cc1cc(CCCOC(=O)/C=C\C(=O)OC)cc(c1OCCCCCCCCCCCCCCCCCC)C2. The largest absolute Gasteiger partial charge is 0.493 e. The monoisotopic (exact) mass is 2000 g/mol. The molecule has 0 aromatic heterocycles. The molecule has 1 aliphatic rings. The molecule has 0 amide bonds. The van der Waals surface area contributed by atoms with Crippen molar-refractivity contribution in [2.24, 2.45) is 0 Å². The first-order valence-electron chi connectivity index (χ1n) is 59.3. The number of hydrogen-bond acceptors (Lipinski definition) is 16. The number of carbonyl (C=O) groups is 6. The van der Waals surface area contributed by atoms with E-state index in [2.05, 4.69) is 89.4 Å². The third-order valence-corrected chi connectivity index (χ3v) is 28.6. The van der Waals surface area contributed by atoms with Gasteiger partial charge in [0.05, 0.1) is 67.1 Å². The molecule has 16 heteroatoms. The normalized spacial score (nSPS) is 11.9. The molecule has 16 nitrogen and oxygen atoms in total. The standard InChI is InChI=1S/C128H204O16/c1-9-15-19-23-27-31-35-39-43-47-51-55-59-63-67-71-87-141-125-111-95-107(79-75-91-137-119(129)13-5)96-112(125)104-116-100-110(82-78-94-140-124(134)86-84-122(132)136-8)102-118(128(116)144-90-74-70-66-62-58-54-50-46-42-38-34-30-26-22-18-12-4)106-114-98-108(80-76-92-138-120(130)14-6)97-113(126(114)142-88-72-68-64-60-56-52-48-44-40-36-32-28-24-20-16-10-2)105-117-101-109(81-77-93-139-123(133)85-83-121(131)135-7)99-115(103-111)127(117)143-89-73-69-65-61-57-53-49-45-41-37-33-29-25-21-17-11-3/h13-14,83-86,95-102H,5-6,9-12,15-82,87-94,103-106H2,1-4,7-8H3/b85-83-,86-84-. The fourth-order valence-electron chi connectivity index (χ4n) is 20.2. The van der Waals surface area contributed by atoms with Crippen molar-refractivity contribution < 1.29 is 76.1 Å². The zero-order chi connectivity index (χ0) is 103. The lowest BCUT2D eigenvalue weighted by atomic mass is 9.87. The lowest BCUT2D eigenvalue weighted by molar-refractivity contribution is -0.139. The molecule has 0 saturated heterocycles. The fraction of sp³-hybridized carbons (Fsp3) is 0.703. The molecule has 4 aromatic carbocycles. The maximum absolute atomic E-state index is 13.2. The molecule has 4 aromatic rings. The molecule has 8 bridgehead atoms. The summed E-state index contributed by atoms with van der Waals surface area (Å²) < 4.78 is 63.0. The van der Waals surface area contributed by atoms with Crippen molar-refractivity contribution in [2.45, 2.75) is 516 Å². The Balaban J connectivity index is 1.76. The number of carbonyl (C=O) groups excluding carboxylic acids is 6. The highest BCUT2D eigenvalue weighted by Crippen LogP contribution is 2.43. The summed E-state index contributed by atoms with van der Waals surface area (Å²) in [5.74, 6) is -0.142. The Bertz CT molecular complexity index is 3720. The van der Waals surface area contributed by atoms with Gasteiger partial charge in [0.25, 0.3) is 0 Å². The number of rotatable bonds is 94. The van der Waals surface area contributed by atoms with E-state index in [-0.39, 0.29) is 26.4 Å². The lowest BCUT2D eigenvalue weighted by Crippen LogP contribution is -2.13. The Morgan fingerprint density at radius 1 is 0.201 bits per heavy atom. The maximum atomic E-state index is 13.2. The second-order valence-electron chi connectivity index (χ2n) is 41.5. The van der Waals surface area contributed by atoms with Crippen LogP contribution in [0.15, 0.2) is 98.1 Å². The second-order valence-corrected chi connectivity index (χ2v) is 41.5. The van der Waals surface area contributed by atoms with E-state index in [1.54, 1.807) is 0 Å². The van der Waals surface area contributed by atoms with Crippen LogP contribution in [-0.2, 0) is 109 Å². The Morgan fingerprint density at radius 3 is 0.500 bits per heavy atom. The van der Waals surface area contributed by atoms with Gasteiger partial charge in [-0.3, -0.25) is 0 Å². The van der Waals surface area contributed by atoms with Crippen LogP contribution < -0.4 is 18.9 Å². The van der Waals surface area contributed by atoms with E-state index in [9.17, 15) is 28.8 Å². The Morgan fingerprint density at radius 2 is 0.347 bits per heavy atom. The van der Waals surface area contributed by atoms with E-state index >= 15 is 0 Å². The maximum Gasteiger partial charge on any atom is 0.331 e. The summed E-state index contributed by atoms with van der Waals surface area (Å²) in [5, 5.41) is 0. The van der Waals surface area contributed by atoms with Gasteiger partial charge in [0.15, 0.2) is 0 Å². The lowest BCUT2D eigenvalue weighted by Gasteiger charge is -2.25. The number of unbranched alkanes of at least 4 members (excludes halogenated alkanes) is 60. The van der Waals surface area contributed by atoms with Crippen LogP contribution in [0.2, 0.25) is 0 Å². The summed E-state index contributed by atoms with van der Waals surface area (Å²) in [7, 11) is 2.56. The van der Waals surface area contributed by atoms with E-state index in [1.165, 1.54) is 360 Å². The molecular formula is C128H204O16. The number of esters is 6. The minimum Gasteiger partial charge on any atom is -0.493 e. The van der Waals surface area contributed by atoms with E-state index in [1.807, 2.05) is 0 Å². The van der Waals surface area contributed by atoms with Crippen LogP contribution in [0.4, 0.5) is 0 Å². The molecular weight excluding hydrogens is 1790 g/mol. The zero-order valence-electron chi connectivity index (χ0n) is 92.4. The van der Waals surface area contributed by atoms with Crippen LogP contribution in [0, 0.1) is 0 Å². The zero-order valence-corrected chi connectivity index (χ0v) is 92.4. The summed E-state index contributed by atoms with van der Waals surface area (Å²) in [6, 6.07) is 18.5. The average molecular weight is 2000 g/mol. The number of fused-ring (bicyclic) bond motifs is 8. The molecule has 812 valence electrons. The molecule has 0 radical (unpaired) electrons. The van der Waals surface area contributed by atoms with Gasteiger partial charge in [-0.25, -0.2) is 28.8 Å². The molecule has 0 N–H and O–H groups in total. The Hall–Kier alpha value is -8.14. The minimum atomic E-state index is -0.640. The van der Waals surface area contributed by atoms with Crippen molar-refractivity contribution in [3.8, 4) is 23.0 Å². The molecule has 1 aliphatic carbocycles. The van der Waals surface area contributed by atoms with Crippen LogP contribution in [-0.4, -0.2) is 103 Å².